The van der Waals surface area contributed by atoms with E-state index in [4.69, 9.17) is 0 Å². The molecule has 6 heteroatoms. The van der Waals surface area contributed by atoms with Crippen molar-refractivity contribution in [3.8, 4) is 0 Å². The summed E-state index contributed by atoms with van der Waals surface area (Å²) in [5.74, 6) is 0.885. The predicted octanol–water partition coefficient (Wildman–Crippen LogP) is 1.03. The molecule has 2 rings (SSSR count). The van der Waals surface area contributed by atoms with E-state index < -0.39 is 0 Å². The Kier molecular flexibility index (Phi) is 3.50. The van der Waals surface area contributed by atoms with Crippen LogP contribution in [0.5, 0.6) is 0 Å². The lowest BCUT2D eigenvalue weighted by atomic mass is 9.97. The van der Waals surface area contributed by atoms with Crippen LogP contribution in [0.4, 0.5) is 5.82 Å². The van der Waals surface area contributed by atoms with Crippen LogP contribution in [0.2, 0.25) is 0 Å². The van der Waals surface area contributed by atoms with Gasteiger partial charge in [0.25, 0.3) is 0 Å². The lowest BCUT2D eigenvalue weighted by Crippen LogP contribution is -2.28. The Bertz CT molecular complexity index is 381. The number of rotatable bonds is 2. The van der Waals surface area contributed by atoms with Gasteiger partial charge < -0.3 is 10.6 Å². The van der Waals surface area contributed by atoms with Crippen LogP contribution in [0.25, 0.3) is 0 Å². The number of aromatic nitrogens is 2. The second-order valence-corrected chi connectivity index (χ2v) is 4.77. The van der Waals surface area contributed by atoms with Gasteiger partial charge in [0.15, 0.2) is 5.82 Å². The van der Waals surface area contributed by atoms with Crippen molar-refractivity contribution in [3.05, 3.63) is 17.0 Å². The SMILES string of the molecule is CC1CNCC1C(=O)Nc1cnc(Br)cn1. The van der Waals surface area contributed by atoms with Crippen molar-refractivity contribution in [2.75, 3.05) is 18.4 Å². The summed E-state index contributed by atoms with van der Waals surface area (Å²) in [6.45, 7) is 3.69. The Balaban J connectivity index is 1.99. The minimum absolute atomic E-state index is 0.00845. The van der Waals surface area contributed by atoms with E-state index in [0.29, 0.717) is 16.3 Å². The topological polar surface area (TPSA) is 66.9 Å². The van der Waals surface area contributed by atoms with Crippen LogP contribution in [0.3, 0.4) is 0 Å². The highest BCUT2D eigenvalue weighted by atomic mass is 79.9. The average molecular weight is 285 g/mol. The van der Waals surface area contributed by atoms with Gasteiger partial charge in [-0.05, 0) is 28.4 Å². The van der Waals surface area contributed by atoms with E-state index >= 15 is 0 Å². The summed E-state index contributed by atoms with van der Waals surface area (Å²) in [4.78, 5) is 19.9. The van der Waals surface area contributed by atoms with Gasteiger partial charge in [-0.2, -0.15) is 0 Å². The maximum atomic E-state index is 11.9. The summed E-state index contributed by atoms with van der Waals surface area (Å²) in [5, 5.41) is 5.96. The first-order valence-corrected chi connectivity index (χ1v) is 5.95. The quantitative estimate of drug-likeness (QED) is 0.852. The van der Waals surface area contributed by atoms with Crippen molar-refractivity contribution < 1.29 is 4.79 Å². The van der Waals surface area contributed by atoms with E-state index in [2.05, 4.69) is 43.5 Å². The lowest BCUT2D eigenvalue weighted by molar-refractivity contribution is -0.120. The van der Waals surface area contributed by atoms with Crippen LogP contribution in [-0.2, 0) is 4.79 Å². The van der Waals surface area contributed by atoms with Gasteiger partial charge in [-0.1, -0.05) is 6.92 Å². The molecule has 16 heavy (non-hydrogen) atoms. The molecule has 86 valence electrons. The molecule has 1 aliphatic heterocycles. The summed E-state index contributed by atoms with van der Waals surface area (Å²) in [6, 6.07) is 0. The molecule has 5 nitrogen and oxygen atoms in total. The van der Waals surface area contributed by atoms with E-state index in [1.807, 2.05) is 0 Å². The molecule has 0 bridgehead atoms. The third-order valence-corrected chi connectivity index (χ3v) is 3.14. The van der Waals surface area contributed by atoms with E-state index in [-0.39, 0.29) is 11.8 Å². The minimum atomic E-state index is 0.00845. The molecule has 2 atom stereocenters. The second-order valence-electron chi connectivity index (χ2n) is 3.96. The molecular formula is C10H13BrN4O. The Labute approximate surface area is 102 Å². The number of anilines is 1. The third-order valence-electron chi connectivity index (χ3n) is 2.73. The first kappa shape index (κ1) is 11.5. The molecule has 1 aliphatic rings. The molecule has 2 heterocycles. The van der Waals surface area contributed by atoms with E-state index in [0.717, 1.165) is 13.1 Å². The fraction of sp³-hybridized carbons (Fsp3) is 0.500. The van der Waals surface area contributed by atoms with Crippen LogP contribution in [0.15, 0.2) is 17.0 Å². The number of hydrogen-bond acceptors (Lipinski definition) is 4. The molecular weight excluding hydrogens is 272 g/mol. The number of nitrogens with zero attached hydrogens (tertiary/aromatic N) is 2. The molecule has 2 unspecified atom stereocenters. The summed E-state index contributed by atoms with van der Waals surface area (Å²) in [7, 11) is 0. The van der Waals surface area contributed by atoms with Crippen molar-refractivity contribution in [3.63, 3.8) is 0 Å². The van der Waals surface area contributed by atoms with Gasteiger partial charge in [-0.15, -0.1) is 0 Å². The van der Waals surface area contributed by atoms with Crippen LogP contribution < -0.4 is 10.6 Å². The van der Waals surface area contributed by atoms with E-state index in [1.54, 1.807) is 6.20 Å². The van der Waals surface area contributed by atoms with Crippen molar-refractivity contribution in [2.45, 2.75) is 6.92 Å². The molecule has 1 fully saturated rings. The monoisotopic (exact) mass is 284 g/mol. The fourth-order valence-corrected chi connectivity index (χ4v) is 1.96. The predicted molar refractivity (Wildman–Crippen MR) is 63.9 cm³/mol. The molecule has 0 radical (unpaired) electrons. The van der Waals surface area contributed by atoms with E-state index in [1.165, 1.54) is 6.20 Å². The van der Waals surface area contributed by atoms with Crippen molar-refractivity contribution >= 4 is 27.7 Å². The van der Waals surface area contributed by atoms with Gasteiger partial charge >= 0.3 is 0 Å². The second kappa shape index (κ2) is 4.88. The van der Waals surface area contributed by atoms with Gasteiger partial charge in [0.2, 0.25) is 5.91 Å². The molecule has 1 aromatic heterocycles. The Hall–Kier alpha value is -1.01. The molecule has 0 aliphatic carbocycles. The van der Waals surface area contributed by atoms with Gasteiger partial charge in [-0.25, -0.2) is 9.97 Å². The maximum Gasteiger partial charge on any atom is 0.230 e. The molecule has 1 saturated heterocycles. The molecule has 1 aromatic rings. The number of halogens is 1. The minimum Gasteiger partial charge on any atom is -0.316 e. The summed E-state index contributed by atoms with van der Waals surface area (Å²) >= 11 is 3.19. The van der Waals surface area contributed by atoms with Crippen molar-refractivity contribution in [1.29, 1.82) is 0 Å². The highest BCUT2D eigenvalue weighted by molar-refractivity contribution is 9.10. The van der Waals surface area contributed by atoms with Crippen LogP contribution in [-0.4, -0.2) is 29.0 Å². The summed E-state index contributed by atoms with van der Waals surface area (Å²) in [5.41, 5.74) is 0. The molecule has 0 saturated carbocycles. The number of carbonyl (C=O) groups is 1. The molecule has 1 amide bonds. The molecule has 0 aromatic carbocycles. The highest BCUT2D eigenvalue weighted by Gasteiger charge is 2.29. The van der Waals surface area contributed by atoms with Crippen molar-refractivity contribution in [2.24, 2.45) is 11.8 Å². The van der Waals surface area contributed by atoms with Gasteiger partial charge in [0.1, 0.15) is 4.60 Å². The van der Waals surface area contributed by atoms with Crippen LogP contribution >= 0.6 is 15.9 Å². The number of carbonyl (C=O) groups excluding carboxylic acids is 1. The van der Waals surface area contributed by atoms with Crippen LogP contribution in [0, 0.1) is 11.8 Å². The number of amides is 1. The average Bonchev–Trinajstić information content (AvgIpc) is 2.68. The normalized spacial score (nSPS) is 24.4. The van der Waals surface area contributed by atoms with Gasteiger partial charge in [-0.3, -0.25) is 4.79 Å². The first-order chi connectivity index (χ1) is 7.66. The van der Waals surface area contributed by atoms with Gasteiger partial charge in [0.05, 0.1) is 18.3 Å². The standard InChI is InChI=1S/C10H13BrN4O/c1-6-2-12-3-7(6)10(16)15-9-5-13-8(11)4-14-9/h4-7,12H,2-3H2,1H3,(H,14,15,16). The third kappa shape index (κ3) is 2.56. The van der Waals surface area contributed by atoms with Crippen LogP contribution in [0.1, 0.15) is 6.92 Å². The maximum absolute atomic E-state index is 11.9. The van der Waals surface area contributed by atoms with Crippen molar-refractivity contribution in [1.82, 2.24) is 15.3 Å². The molecule has 0 spiro atoms. The highest BCUT2D eigenvalue weighted by Crippen LogP contribution is 2.17. The first-order valence-electron chi connectivity index (χ1n) is 5.16. The Morgan fingerprint density at radius 3 is 2.88 bits per heavy atom. The zero-order chi connectivity index (χ0) is 11.5. The smallest absolute Gasteiger partial charge is 0.230 e. The number of hydrogen-bond donors (Lipinski definition) is 2. The fourth-order valence-electron chi connectivity index (χ4n) is 1.76. The van der Waals surface area contributed by atoms with Gasteiger partial charge in [0, 0.05) is 6.54 Å². The largest absolute Gasteiger partial charge is 0.316 e. The zero-order valence-electron chi connectivity index (χ0n) is 8.90. The summed E-state index contributed by atoms with van der Waals surface area (Å²) in [6.07, 6.45) is 3.10. The Morgan fingerprint density at radius 1 is 1.50 bits per heavy atom. The van der Waals surface area contributed by atoms with E-state index in [9.17, 15) is 4.79 Å². The summed E-state index contributed by atoms with van der Waals surface area (Å²) < 4.78 is 0.654. The molecule has 2 N–H and O–H groups in total. The number of nitrogens with one attached hydrogen (secondary N) is 2. The zero-order valence-corrected chi connectivity index (χ0v) is 10.5. The lowest BCUT2D eigenvalue weighted by Gasteiger charge is -2.13. The Morgan fingerprint density at radius 2 is 2.31 bits per heavy atom.